The Labute approximate surface area is 197 Å². The molecule has 164 valence electrons. The molecule has 0 amide bonds. The first-order valence-electron chi connectivity index (χ1n) is 10.6. The van der Waals surface area contributed by atoms with Crippen LogP contribution in [0.2, 0.25) is 5.02 Å². The van der Waals surface area contributed by atoms with Crippen molar-refractivity contribution in [2.24, 2.45) is 10.4 Å². The van der Waals surface area contributed by atoms with Gasteiger partial charge >= 0.3 is 0 Å². The molecule has 2 fully saturated rings. The third-order valence-corrected chi connectivity index (χ3v) is 6.36. The molecule has 2 heterocycles. The zero-order chi connectivity index (χ0) is 19.8. The Morgan fingerprint density at radius 3 is 2.90 bits per heavy atom. The van der Waals surface area contributed by atoms with Gasteiger partial charge in [-0.15, -0.1) is 24.0 Å². The molecule has 1 saturated carbocycles. The highest BCUT2D eigenvalue weighted by Crippen LogP contribution is 2.40. The number of aliphatic imine (C=N–C) groups is 1. The van der Waals surface area contributed by atoms with E-state index < -0.39 is 0 Å². The number of anilines is 1. The van der Waals surface area contributed by atoms with Gasteiger partial charge in [0.15, 0.2) is 5.96 Å². The molecule has 0 spiro atoms. The van der Waals surface area contributed by atoms with Crippen molar-refractivity contribution in [3.8, 4) is 0 Å². The lowest BCUT2D eigenvalue weighted by atomic mass is 9.83. The van der Waals surface area contributed by atoms with E-state index in [1.54, 1.807) is 6.20 Å². The number of hydrogen-bond acceptors (Lipinski definition) is 4. The van der Waals surface area contributed by atoms with Gasteiger partial charge in [-0.05, 0) is 50.2 Å². The number of halogens is 2. The van der Waals surface area contributed by atoms with Gasteiger partial charge < -0.3 is 20.3 Å². The normalized spacial score (nSPS) is 21.1. The summed E-state index contributed by atoms with van der Waals surface area (Å²) in [4.78, 5) is 11.1. The Morgan fingerprint density at radius 2 is 2.21 bits per heavy atom. The minimum absolute atomic E-state index is 0. The van der Waals surface area contributed by atoms with E-state index in [2.05, 4.69) is 32.4 Å². The molecular formula is C21H35ClIN5O. The third kappa shape index (κ3) is 6.85. The first-order valence-corrected chi connectivity index (χ1v) is 10.9. The molecule has 2 N–H and O–H groups in total. The summed E-state index contributed by atoms with van der Waals surface area (Å²) >= 11 is 6.30. The van der Waals surface area contributed by atoms with E-state index in [0.717, 1.165) is 57.5 Å². The van der Waals surface area contributed by atoms with Crippen molar-refractivity contribution in [1.29, 1.82) is 0 Å². The van der Waals surface area contributed by atoms with Crippen LogP contribution in [0.5, 0.6) is 0 Å². The zero-order valence-electron chi connectivity index (χ0n) is 17.6. The van der Waals surface area contributed by atoms with Gasteiger partial charge in [0.1, 0.15) is 5.82 Å². The number of pyridine rings is 1. The number of nitrogens with one attached hydrogen (secondary N) is 2. The molecule has 0 bridgehead atoms. The largest absolute Gasteiger partial charge is 0.382 e. The summed E-state index contributed by atoms with van der Waals surface area (Å²) in [5.41, 5.74) is 0.343. The number of nitrogens with zero attached hydrogens (tertiary/aromatic N) is 3. The van der Waals surface area contributed by atoms with E-state index >= 15 is 0 Å². The summed E-state index contributed by atoms with van der Waals surface area (Å²) < 4.78 is 5.63. The van der Waals surface area contributed by atoms with E-state index in [1.165, 1.54) is 25.7 Å². The van der Waals surface area contributed by atoms with Crippen LogP contribution in [0.25, 0.3) is 0 Å². The number of rotatable bonds is 8. The molecule has 1 atom stereocenters. The fourth-order valence-corrected chi connectivity index (χ4v) is 4.65. The average Bonchev–Trinajstić information content (AvgIpc) is 3.36. The first-order chi connectivity index (χ1) is 13.7. The summed E-state index contributed by atoms with van der Waals surface area (Å²) in [5, 5.41) is 7.89. The molecule has 1 aliphatic carbocycles. The second kappa shape index (κ2) is 12.2. The zero-order valence-corrected chi connectivity index (χ0v) is 20.7. The number of aromatic nitrogens is 1. The molecule has 29 heavy (non-hydrogen) atoms. The van der Waals surface area contributed by atoms with E-state index in [0.29, 0.717) is 16.5 Å². The van der Waals surface area contributed by atoms with E-state index in [1.807, 2.05) is 19.2 Å². The monoisotopic (exact) mass is 535 g/mol. The maximum Gasteiger partial charge on any atom is 0.191 e. The Hall–Kier alpha value is -0.800. The van der Waals surface area contributed by atoms with E-state index in [4.69, 9.17) is 16.3 Å². The fourth-order valence-electron chi connectivity index (χ4n) is 4.41. The topological polar surface area (TPSA) is 61.8 Å². The smallest absolute Gasteiger partial charge is 0.191 e. The highest BCUT2D eigenvalue weighted by molar-refractivity contribution is 14.0. The molecule has 8 heteroatoms. The fraction of sp³-hybridized carbons (Fsp3) is 0.714. The van der Waals surface area contributed by atoms with Gasteiger partial charge in [0.2, 0.25) is 0 Å². The van der Waals surface area contributed by atoms with Crippen molar-refractivity contribution in [3.05, 3.63) is 23.4 Å². The lowest BCUT2D eigenvalue weighted by molar-refractivity contribution is 0.105. The maximum atomic E-state index is 6.30. The van der Waals surface area contributed by atoms with Crippen molar-refractivity contribution in [2.75, 3.05) is 44.8 Å². The molecule has 1 saturated heterocycles. The van der Waals surface area contributed by atoms with Gasteiger partial charge in [-0.3, -0.25) is 4.99 Å². The second-order valence-corrected chi connectivity index (χ2v) is 8.37. The number of ether oxygens (including phenoxy) is 1. The van der Waals surface area contributed by atoms with Crippen molar-refractivity contribution >= 4 is 47.4 Å². The van der Waals surface area contributed by atoms with Crippen LogP contribution in [0.15, 0.2) is 23.3 Å². The molecular weight excluding hydrogens is 501 g/mol. The van der Waals surface area contributed by atoms with E-state index in [9.17, 15) is 0 Å². The molecule has 0 aromatic carbocycles. The van der Waals surface area contributed by atoms with Gasteiger partial charge in [-0.1, -0.05) is 24.4 Å². The van der Waals surface area contributed by atoms with Gasteiger partial charge in [0.25, 0.3) is 0 Å². The lowest BCUT2D eigenvalue weighted by Crippen LogP contribution is -2.47. The van der Waals surface area contributed by atoms with Gasteiger partial charge in [0.05, 0.1) is 5.02 Å². The summed E-state index contributed by atoms with van der Waals surface area (Å²) in [6.07, 6.45) is 9.17. The van der Waals surface area contributed by atoms with Gasteiger partial charge in [0, 0.05) is 52.1 Å². The predicted molar refractivity (Wildman–Crippen MR) is 132 cm³/mol. The number of guanidine groups is 1. The molecule has 1 aromatic heterocycles. The first kappa shape index (κ1) is 24.5. The lowest BCUT2D eigenvalue weighted by Gasteiger charge is -2.30. The molecule has 3 rings (SSSR count). The Bertz CT molecular complexity index is 654. The van der Waals surface area contributed by atoms with Crippen LogP contribution in [0.1, 0.15) is 45.4 Å². The summed E-state index contributed by atoms with van der Waals surface area (Å²) in [6, 6.07) is 4.11. The van der Waals surface area contributed by atoms with Crippen molar-refractivity contribution in [1.82, 2.24) is 15.6 Å². The standard InChI is InChI=1S/C21H34ClN5O.HI/c1-3-28-14-11-21(9-4-5-10-21)16-25-20(23-2)26-17-8-13-27(15-17)19-18(22)7-6-12-24-19;/h6-7,12,17H,3-5,8-11,13-16H2,1-2H3,(H2,23,25,26);1H. The molecule has 1 aliphatic heterocycles. The summed E-state index contributed by atoms with van der Waals surface area (Å²) in [5.74, 6) is 1.76. The SMILES string of the molecule is CCOCCC1(CNC(=NC)NC2CCN(c3ncccc3Cl)C2)CCCC1.I. The molecule has 6 nitrogen and oxygen atoms in total. The molecule has 1 aromatic rings. The number of hydrogen-bond donors (Lipinski definition) is 2. The minimum Gasteiger partial charge on any atom is -0.382 e. The van der Waals surface area contributed by atoms with Crippen LogP contribution in [0.3, 0.4) is 0 Å². The quantitative estimate of drug-likeness (QED) is 0.227. The van der Waals surface area contributed by atoms with Crippen molar-refractivity contribution in [2.45, 2.75) is 51.5 Å². The van der Waals surface area contributed by atoms with Crippen LogP contribution >= 0.6 is 35.6 Å². The molecule has 2 aliphatic rings. The van der Waals surface area contributed by atoms with Crippen molar-refractivity contribution in [3.63, 3.8) is 0 Å². The second-order valence-electron chi connectivity index (χ2n) is 7.96. The Morgan fingerprint density at radius 1 is 1.41 bits per heavy atom. The Kier molecular flexibility index (Phi) is 10.3. The predicted octanol–water partition coefficient (Wildman–Crippen LogP) is 4.08. The van der Waals surface area contributed by atoms with Crippen LogP contribution in [-0.4, -0.2) is 56.9 Å². The van der Waals surface area contributed by atoms with E-state index in [-0.39, 0.29) is 24.0 Å². The summed E-state index contributed by atoms with van der Waals surface area (Å²) in [6.45, 7) is 6.51. The Balaban J connectivity index is 0.00000300. The van der Waals surface area contributed by atoms with Crippen LogP contribution in [-0.2, 0) is 4.74 Å². The van der Waals surface area contributed by atoms with Crippen LogP contribution in [0, 0.1) is 5.41 Å². The highest BCUT2D eigenvalue weighted by Gasteiger charge is 2.34. The van der Waals surface area contributed by atoms with Crippen LogP contribution < -0.4 is 15.5 Å². The highest BCUT2D eigenvalue weighted by atomic mass is 127. The van der Waals surface area contributed by atoms with Crippen LogP contribution in [0.4, 0.5) is 5.82 Å². The summed E-state index contributed by atoms with van der Waals surface area (Å²) in [7, 11) is 1.85. The molecule has 0 radical (unpaired) electrons. The minimum atomic E-state index is 0. The van der Waals surface area contributed by atoms with Gasteiger partial charge in [-0.25, -0.2) is 4.98 Å². The third-order valence-electron chi connectivity index (χ3n) is 6.07. The van der Waals surface area contributed by atoms with Crippen molar-refractivity contribution < 1.29 is 4.74 Å². The molecule has 1 unspecified atom stereocenters. The average molecular weight is 536 g/mol. The van der Waals surface area contributed by atoms with Gasteiger partial charge in [-0.2, -0.15) is 0 Å². The maximum absolute atomic E-state index is 6.30.